The summed E-state index contributed by atoms with van der Waals surface area (Å²) in [4.78, 5) is 16.2. The molecule has 3 aromatic rings. The lowest BCUT2D eigenvalue weighted by Gasteiger charge is -2.34. The molecular weight excluding hydrogens is 390 g/mol. The zero-order valence-electron chi connectivity index (χ0n) is 17.8. The van der Waals surface area contributed by atoms with E-state index in [1.54, 1.807) is 0 Å². The quantitative estimate of drug-likeness (QED) is 0.420. The molecule has 0 spiro atoms. The van der Waals surface area contributed by atoms with Gasteiger partial charge in [-0.15, -0.1) is 0 Å². The van der Waals surface area contributed by atoms with E-state index in [0.717, 1.165) is 57.2 Å². The Hall–Kier alpha value is -2.72. The number of rotatable bonds is 6. The van der Waals surface area contributed by atoms with Crippen LogP contribution in [0.4, 0.5) is 11.4 Å². The van der Waals surface area contributed by atoms with Gasteiger partial charge in [0.25, 0.3) is 0 Å². The van der Waals surface area contributed by atoms with Gasteiger partial charge in [0, 0.05) is 24.1 Å². The van der Waals surface area contributed by atoms with E-state index in [1.807, 2.05) is 37.3 Å². The number of hydrogen-bond donors (Lipinski definition) is 0. The number of Topliss-reactive ketones (excluding diaryl/α,β-unsaturated/α-hetero) is 1. The zero-order valence-corrected chi connectivity index (χ0v) is 18.6. The van der Waals surface area contributed by atoms with Crippen LogP contribution in [0.3, 0.4) is 0 Å². The van der Waals surface area contributed by atoms with Crippen molar-refractivity contribution in [1.82, 2.24) is 0 Å². The first-order valence-electron chi connectivity index (χ1n) is 10.6. The number of carbonyl (C=O) groups excluding carboxylic acids is 1. The molecule has 30 heavy (non-hydrogen) atoms. The largest absolute Gasteiger partial charge is 0.339 e. The molecule has 4 heteroatoms. The van der Waals surface area contributed by atoms with E-state index < -0.39 is 10.8 Å². The number of ketones is 1. The van der Waals surface area contributed by atoms with E-state index in [-0.39, 0.29) is 5.78 Å². The molecule has 1 heterocycles. The molecule has 0 fully saturated rings. The van der Waals surface area contributed by atoms with Gasteiger partial charge in [-0.05, 0) is 48.7 Å². The molecule has 0 aromatic heterocycles. The van der Waals surface area contributed by atoms with Gasteiger partial charge < -0.3 is 4.90 Å². The van der Waals surface area contributed by atoms with Gasteiger partial charge in [-0.2, -0.15) is 0 Å². The molecule has 0 radical (unpaired) electrons. The van der Waals surface area contributed by atoms with Crippen molar-refractivity contribution in [2.45, 2.75) is 49.8 Å². The molecule has 1 aliphatic heterocycles. The number of unbranched alkanes of at least 4 members (excludes halogenated alkanes) is 1. The maximum absolute atomic E-state index is 13.9. The van der Waals surface area contributed by atoms with E-state index in [9.17, 15) is 9.00 Å². The predicted molar refractivity (Wildman–Crippen MR) is 124 cm³/mol. The van der Waals surface area contributed by atoms with Gasteiger partial charge in [0.2, 0.25) is 0 Å². The molecule has 0 bridgehead atoms. The first kappa shape index (κ1) is 20.5. The van der Waals surface area contributed by atoms with Crippen molar-refractivity contribution in [3.05, 3.63) is 71.8 Å². The summed E-state index contributed by atoms with van der Waals surface area (Å²) >= 11 is 0. The fourth-order valence-corrected chi connectivity index (χ4v) is 5.65. The second-order valence-electron chi connectivity index (χ2n) is 7.70. The minimum Gasteiger partial charge on any atom is -0.339 e. The van der Waals surface area contributed by atoms with Crippen molar-refractivity contribution < 1.29 is 9.00 Å². The maximum Gasteiger partial charge on any atom is 0.162 e. The molecule has 1 unspecified atom stereocenters. The Morgan fingerprint density at radius 1 is 0.933 bits per heavy atom. The highest BCUT2D eigenvalue weighted by Crippen LogP contribution is 2.46. The maximum atomic E-state index is 13.9. The van der Waals surface area contributed by atoms with Crippen molar-refractivity contribution in [1.29, 1.82) is 0 Å². The van der Waals surface area contributed by atoms with Crippen LogP contribution in [0.1, 0.15) is 49.0 Å². The summed E-state index contributed by atoms with van der Waals surface area (Å²) < 4.78 is 13.9. The average molecular weight is 418 g/mol. The molecule has 4 rings (SSSR count). The van der Waals surface area contributed by atoms with Crippen molar-refractivity contribution >= 4 is 28.0 Å². The fourth-order valence-electron chi connectivity index (χ4n) is 4.08. The second kappa shape index (κ2) is 8.57. The highest BCUT2D eigenvalue weighted by atomic mass is 32.2. The summed E-state index contributed by atoms with van der Waals surface area (Å²) in [6, 6.07) is 20.1. The Bertz CT molecular complexity index is 1140. The van der Waals surface area contributed by atoms with Crippen LogP contribution in [0.25, 0.3) is 11.1 Å². The average Bonchev–Trinajstić information content (AvgIpc) is 2.78. The molecule has 0 amide bonds. The summed E-state index contributed by atoms with van der Waals surface area (Å²) in [6.45, 7) is 6.97. The third-order valence-corrected chi connectivity index (χ3v) is 7.26. The molecule has 154 valence electrons. The van der Waals surface area contributed by atoms with Crippen LogP contribution in [0.15, 0.2) is 70.5 Å². The van der Waals surface area contributed by atoms with E-state index in [4.69, 9.17) is 0 Å². The Labute approximate surface area is 181 Å². The molecule has 3 aromatic carbocycles. The Morgan fingerprint density at radius 2 is 1.70 bits per heavy atom. The topological polar surface area (TPSA) is 37.4 Å². The van der Waals surface area contributed by atoms with Gasteiger partial charge in [-0.25, -0.2) is 4.21 Å². The van der Waals surface area contributed by atoms with E-state index in [0.29, 0.717) is 12.0 Å². The predicted octanol–water partition coefficient (Wildman–Crippen LogP) is 6.67. The molecule has 0 N–H and O–H groups in total. The molecule has 0 saturated carbocycles. The number of nitrogens with zero attached hydrogens (tertiary/aromatic N) is 1. The van der Waals surface area contributed by atoms with Crippen LogP contribution in [0.5, 0.6) is 0 Å². The Morgan fingerprint density at radius 3 is 2.43 bits per heavy atom. The van der Waals surface area contributed by atoms with Crippen molar-refractivity contribution in [2.24, 2.45) is 0 Å². The van der Waals surface area contributed by atoms with Crippen LogP contribution < -0.4 is 4.90 Å². The van der Waals surface area contributed by atoms with Crippen molar-refractivity contribution in [3.63, 3.8) is 0 Å². The SMILES string of the molecule is CCCCN1c2ccc(C(=O)CC)cc2S(=O)c2c(-c3ccccc3C)cccc21. The van der Waals surface area contributed by atoms with E-state index in [2.05, 4.69) is 49.1 Å². The van der Waals surface area contributed by atoms with Gasteiger partial charge in [-0.1, -0.05) is 56.7 Å². The lowest BCUT2D eigenvalue weighted by atomic mass is 9.99. The van der Waals surface area contributed by atoms with Crippen molar-refractivity contribution in [2.75, 3.05) is 11.4 Å². The summed E-state index contributed by atoms with van der Waals surface area (Å²) in [5.41, 5.74) is 5.85. The third kappa shape index (κ3) is 3.50. The first-order chi connectivity index (χ1) is 14.6. The van der Waals surface area contributed by atoms with Crippen LogP contribution in [-0.2, 0) is 10.8 Å². The van der Waals surface area contributed by atoms with Gasteiger partial charge in [0.1, 0.15) is 0 Å². The van der Waals surface area contributed by atoms with Gasteiger partial charge in [-0.3, -0.25) is 4.79 Å². The van der Waals surface area contributed by atoms with Crippen LogP contribution >= 0.6 is 0 Å². The number of hydrogen-bond acceptors (Lipinski definition) is 3. The lowest BCUT2D eigenvalue weighted by Crippen LogP contribution is -2.25. The second-order valence-corrected chi connectivity index (χ2v) is 9.09. The zero-order chi connectivity index (χ0) is 21.3. The molecular formula is C26H27NO2S. The standard InChI is InChI=1S/C26H27NO2S/c1-4-6-16-27-22-15-14-19(24(28)5-2)17-25(22)30(29)26-21(12-9-13-23(26)27)20-11-8-7-10-18(20)3/h7-15,17H,4-6,16H2,1-3H3. The monoisotopic (exact) mass is 417 g/mol. The minimum atomic E-state index is -1.36. The molecule has 1 atom stereocenters. The fraction of sp³-hybridized carbons (Fsp3) is 0.269. The third-order valence-electron chi connectivity index (χ3n) is 5.73. The number of carbonyl (C=O) groups is 1. The molecule has 0 saturated heterocycles. The number of aryl methyl sites for hydroxylation is 1. The lowest BCUT2D eigenvalue weighted by molar-refractivity contribution is 0.0988. The summed E-state index contributed by atoms with van der Waals surface area (Å²) in [5, 5.41) is 0. The Balaban J connectivity index is 1.95. The summed E-state index contributed by atoms with van der Waals surface area (Å²) in [5.74, 6) is 0.0768. The van der Waals surface area contributed by atoms with Crippen LogP contribution in [0.2, 0.25) is 0 Å². The van der Waals surface area contributed by atoms with Gasteiger partial charge in [0.15, 0.2) is 5.78 Å². The Kier molecular flexibility index (Phi) is 5.87. The van der Waals surface area contributed by atoms with Gasteiger partial charge >= 0.3 is 0 Å². The van der Waals surface area contributed by atoms with Crippen LogP contribution in [0, 0.1) is 6.92 Å². The highest BCUT2D eigenvalue weighted by molar-refractivity contribution is 7.85. The van der Waals surface area contributed by atoms with Crippen molar-refractivity contribution in [3.8, 4) is 11.1 Å². The normalized spacial score (nSPS) is 14.9. The van der Waals surface area contributed by atoms with Crippen LogP contribution in [-0.4, -0.2) is 16.5 Å². The molecule has 3 nitrogen and oxygen atoms in total. The summed E-state index contributed by atoms with van der Waals surface area (Å²) in [6.07, 6.45) is 2.56. The smallest absolute Gasteiger partial charge is 0.162 e. The highest BCUT2D eigenvalue weighted by Gasteiger charge is 2.31. The first-order valence-corrected chi connectivity index (χ1v) is 11.8. The van der Waals surface area contributed by atoms with Gasteiger partial charge in [0.05, 0.1) is 32.0 Å². The minimum absolute atomic E-state index is 0.0768. The van der Waals surface area contributed by atoms with E-state index >= 15 is 0 Å². The number of anilines is 2. The molecule has 1 aliphatic rings. The summed E-state index contributed by atoms with van der Waals surface area (Å²) in [7, 11) is -1.36. The number of fused-ring (bicyclic) bond motifs is 2. The molecule has 0 aliphatic carbocycles. The number of benzene rings is 3. The van der Waals surface area contributed by atoms with E-state index in [1.165, 1.54) is 0 Å².